The lowest BCUT2D eigenvalue weighted by Gasteiger charge is -2.29. The number of nitrogens with one attached hydrogen (secondary N) is 2. The molecule has 8 heteroatoms. The Kier molecular flexibility index (Phi) is 6.27. The van der Waals surface area contributed by atoms with E-state index < -0.39 is 11.9 Å². The van der Waals surface area contributed by atoms with Gasteiger partial charge in [-0.3, -0.25) is 10.1 Å². The van der Waals surface area contributed by atoms with E-state index in [1.165, 1.54) is 6.42 Å². The van der Waals surface area contributed by atoms with E-state index in [0.29, 0.717) is 17.0 Å². The molecule has 0 unspecified atom stereocenters. The monoisotopic (exact) mass is 374 g/mol. The highest BCUT2D eigenvalue weighted by Crippen LogP contribution is 2.24. The Bertz CT molecular complexity index is 750. The number of hydrogen-bond donors (Lipinski definition) is 2. The number of imide groups is 1. The van der Waals surface area contributed by atoms with E-state index in [0.717, 1.165) is 36.6 Å². The van der Waals surface area contributed by atoms with E-state index in [4.69, 9.17) is 4.42 Å². The molecule has 1 aliphatic rings. The van der Waals surface area contributed by atoms with Gasteiger partial charge in [-0.15, -0.1) is 10.2 Å². The van der Waals surface area contributed by atoms with Gasteiger partial charge in [0.1, 0.15) is 0 Å². The third kappa shape index (κ3) is 5.08. The summed E-state index contributed by atoms with van der Waals surface area (Å²) in [5, 5.41) is 13.4. The number of aromatic nitrogens is 2. The van der Waals surface area contributed by atoms with Gasteiger partial charge in [0.25, 0.3) is 5.22 Å². The molecule has 0 saturated heterocycles. The highest BCUT2D eigenvalue weighted by atomic mass is 32.2. The average Bonchev–Trinajstić information content (AvgIpc) is 3.12. The molecule has 1 saturated carbocycles. The molecule has 2 aromatic rings. The number of hydrogen-bond acceptors (Lipinski definition) is 6. The van der Waals surface area contributed by atoms with Gasteiger partial charge in [0, 0.05) is 11.6 Å². The molecule has 3 amide bonds. The van der Waals surface area contributed by atoms with Crippen molar-refractivity contribution in [3.05, 3.63) is 30.3 Å². The van der Waals surface area contributed by atoms with Crippen molar-refractivity contribution in [2.24, 2.45) is 5.92 Å². The molecule has 0 spiro atoms. The van der Waals surface area contributed by atoms with Crippen molar-refractivity contribution in [1.82, 2.24) is 20.8 Å². The lowest BCUT2D eigenvalue weighted by molar-refractivity contribution is -0.117. The first-order valence-electron chi connectivity index (χ1n) is 8.74. The Morgan fingerprint density at radius 3 is 2.73 bits per heavy atom. The van der Waals surface area contributed by atoms with E-state index in [1.807, 2.05) is 30.3 Å². The van der Waals surface area contributed by atoms with Crippen LogP contribution in [0.2, 0.25) is 0 Å². The minimum absolute atomic E-state index is 0.0318. The van der Waals surface area contributed by atoms with Gasteiger partial charge in [0.15, 0.2) is 0 Å². The molecule has 7 nitrogen and oxygen atoms in total. The second kappa shape index (κ2) is 8.84. The summed E-state index contributed by atoms with van der Waals surface area (Å²) in [6.07, 6.45) is 4.38. The molecule has 2 N–H and O–H groups in total. The third-order valence-corrected chi connectivity index (χ3v) is 5.25. The minimum atomic E-state index is -0.440. The summed E-state index contributed by atoms with van der Waals surface area (Å²) in [5.41, 5.74) is 0.817. The molecule has 0 bridgehead atoms. The van der Waals surface area contributed by atoms with E-state index in [-0.39, 0.29) is 11.8 Å². The molecule has 1 aromatic carbocycles. The van der Waals surface area contributed by atoms with Crippen LogP contribution in [0.1, 0.15) is 32.6 Å². The van der Waals surface area contributed by atoms with Crippen molar-refractivity contribution >= 4 is 23.7 Å². The lowest BCUT2D eigenvalue weighted by atomic mass is 9.86. The van der Waals surface area contributed by atoms with Crippen LogP contribution in [0.5, 0.6) is 0 Å². The summed E-state index contributed by atoms with van der Waals surface area (Å²) in [4.78, 5) is 23.9. The van der Waals surface area contributed by atoms with Gasteiger partial charge >= 0.3 is 6.03 Å². The van der Waals surface area contributed by atoms with Crippen LogP contribution in [0.15, 0.2) is 40.0 Å². The SMILES string of the molecule is C[C@@H]1CCCC[C@H]1NC(=O)NC(=O)CSc1nnc(-c2ccccc2)o1. The number of carbonyl (C=O) groups is 2. The van der Waals surface area contributed by atoms with Gasteiger partial charge in [0.2, 0.25) is 11.8 Å². The van der Waals surface area contributed by atoms with Crippen molar-refractivity contribution in [1.29, 1.82) is 0 Å². The Morgan fingerprint density at radius 1 is 1.19 bits per heavy atom. The van der Waals surface area contributed by atoms with Crippen molar-refractivity contribution in [2.75, 3.05) is 5.75 Å². The quantitative estimate of drug-likeness (QED) is 0.780. The average molecular weight is 374 g/mol. The molecular weight excluding hydrogens is 352 g/mol. The number of benzene rings is 1. The van der Waals surface area contributed by atoms with E-state index in [2.05, 4.69) is 27.8 Å². The van der Waals surface area contributed by atoms with Crippen molar-refractivity contribution in [3.63, 3.8) is 0 Å². The topological polar surface area (TPSA) is 97.1 Å². The summed E-state index contributed by atoms with van der Waals surface area (Å²) < 4.78 is 5.52. The minimum Gasteiger partial charge on any atom is -0.411 e. The van der Waals surface area contributed by atoms with Gasteiger partial charge in [-0.2, -0.15) is 0 Å². The number of nitrogens with zero attached hydrogens (tertiary/aromatic N) is 2. The molecule has 1 aromatic heterocycles. The smallest absolute Gasteiger partial charge is 0.321 e. The largest absolute Gasteiger partial charge is 0.411 e. The molecule has 26 heavy (non-hydrogen) atoms. The van der Waals surface area contributed by atoms with Gasteiger partial charge < -0.3 is 9.73 Å². The fourth-order valence-corrected chi connectivity index (χ4v) is 3.55. The number of carbonyl (C=O) groups excluding carboxylic acids is 2. The first kappa shape index (κ1) is 18.4. The second-order valence-corrected chi connectivity index (χ2v) is 7.34. The Morgan fingerprint density at radius 2 is 1.96 bits per heavy atom. The van der Waals surface area contributed by atoms with E-state index >= 15 is 0 Å². The molecule has 1 aliphatic carbocycles. The van der Waals surface area contributed by atoms with E-state index in [9.17, 15) is 9.59 Å². The number of amides is 3. The van der Waals surface area contributed by atoms with Gasteiger partial charge in [-0.25, -0.2) is 4.79 Å². The van der Waals surface area contributed by atoms with Crippen LogP contribution in [0, 0.1) is 5.92 Å². The first-order valence-corrected chi connectivity index (χ1v) is 9.72. The summed E-state index contributed by atoms with van der Waals surface area (Å²) in [6.45, 7) is 2.13. The van der Waals surface area contributed by atoms with Gasteiger partial charge in [0.05, 0.1) is 5.75 Å². The maximum absolute atomic E-state index is 12.0. The summed E-state index contributed by atoms with van der Waals surface area (Å²) in [6, 6.07) is 9.09. The van der Waals surface area contributed by atoms with Crippen LogP contribution >= 0.6 is 11.8 Å². The maximum Gasteiger partial charge on any atom is 0.321 e. The highest BCUT2D eigenvalue weighted by Gasteiger charge is 2.23. The van der Waals surface area contributed by atoms with Crippen LogP contribution < -0.4 is 10.6 Å². The van der Waals surface area contributed by atoms with Crippen LogP contribution in [-0.2, 0) is 4.79 Å². The molecule has 1 heterocycles. The van der Waals surface area contributed by atoms with Crippen LogP contribution in [0.3, 0.4) is 0 Å². The Balaban J connectivity index is 1.44. The number of rotatable bonds is 5. The molecule has 1 fully saturated rings. The zero-order valence-corrected chi connectivity index (χ0v) is 15.4. The predicted octanol–water partition coefficient (Wildman–Crippen LogP) is 3.23. The van der Waals surface area contributed by atoms with Crippen molar-refractivity contribution < 1.29 is 14.0 Å². The molecular formula is C18H22N4O3S. The van der Waals surface area contributed by atoms with E-state index in [1.54, 1.807) is 0 Å². The second-order valence-electron chi connectivity index (χ2n) is 6.42. The zero-order chi connectivity index (χ0) is 18.4. The van der Waals surface area contributed by atoms with Crippen LogP contribution in [0.4, 0.5) is 4.79 Å². The fourth-order valence-electron chi connectivity index (χ4n) is 2.99. The molecule has 0 aliphatic heterocycles. The number of thioether (sulfide) groups is 1. The molecule has 2 atom stereocenters. The Hall–Kier alpha value is -2.35. The normalized spacial score (nSPS) is 19.7. The highest BCUT2D eigenvalue weighted by molar-refractivity contribution is 7.99. The molecule has 3 rings (SSSR count). The summed E-state index contributed by atoms with van der Waals surface area (Å²) in [7, 11) is 0. The standard InChI is InChI=1S/C18H22N4O3S/c1-12-7-5-6-10-14(12)19-17(24)20-15(23)11-26-18-22-21-16(25-18)13-8-3-2-4-9-13/h2-4,8-9,12,14H,5-7,10-11H2,1H3,(H2,19,20,23,24)/t12-,14-/m1/s1. The molecule has 0 radical (unpaired) electrons. The lowest BCUT2D eigenvalue weighted by Crippen LogP contribution is -2.48. The third-order valence-electron chi connectivity index (χ3n) is 4.43. The Labute approximate surface area is 156 Å². The summed E-state index contributed by atoms with van der Waals surface area (Å²) in [5.74, 6) is 0.478. The van der Waals surface area contributed by atoms with Gasteiger partial charge in [-0.05, 0) is 30.9 Å². The first-order chi connectivity index (χ1) is 12.6. The zero-order valence-electron chi connectivity index (χ0n) is 14.6. The van der Waals surface area contributed by atoms with Gasteiger partial charge in [-0.1, -0.05) is 49.7 Å². The van der Waals surface area contributed by atoms with Crippen molar-refractivity contribution in [3.8, 4) is 11.5 Å². The summed E-state index contributed by atoms with van der Waals surface area (Å²) >= 11 is 1.10. The predicted molar refractivity (Wildman–Crippen MR) is 98.6 cm³/mol. The molecule has 138 valence electrons. The maximum atomic E-state index is 12.0. The number of urea groups is 1. The van der Waals surface area contributed by atoms with Crippen molar-refractivity contribution in [2.45, 2.75) is 43.9 Å². The van der Waals surface area contributed by atoms with Crippen LogP contribution in [-0.4, -0.2) is 33.9 Å². The van der Waals surface area contributed by atoms with Crippen LogP contribution in [0.25, 0.3) is 11.5 Å². The fraction of sp³-hybridized carbons (Fsp3) is 0.444.